The normalized spacial score (nSPS) is 6.25. The molecule has 1 N–H and O–H groups in total. The summed E-state index contributed by atoms with van der Waals surface area (Å²) in [5.41, 5.74) is 6.08. The van der Waals surface area contributed by atoms with Crippen molar-refractivity contribution in [3.05, 3.63) is 0 Å². The van der Waals surface area contributed by atoms with E-state index in [2.05, 4.69) is 5.11 Å². The first-order chi connectivity index (χ1) is 1.91. The smallest absolute Gasteiger partial charge is 0.0568 e. The molecule has 0 heterocycles. The largest absolute Gasteiger partial charge is 0.210 e. The van der Waals surface area contributed by atoms with Crippen molar-refractivity contribution >= 4 is 0 Å². The maximum absolute atomic E-state index is 6.08. The van der Waals surface area contributed by atoms with Crippen molar-refractivity contribution in [1.29, 1.82) is 5.53 Å². The Morgan fingerprint density at radius 1 is 2.00 bits per heavy atom. The maximum atomic E-state index is 6.08. The van der Waals surface area contributed by atoms with E-state index in [1.807, 2.05) is 6.92 Å². The zero-order valence-electron chi connectivity index (χ0n) is 2.65. The van der Waals surface area contributed by atoms with E-state index in [0.717, 1.165) is 0 Å². The molecule has 0 amide bonds. The van der Waals surface area contributed by atoms with Gasteiger partial charge in [0.1, 0.15) is 0 Å². The average molecular weight is 58.1 g/mol. The van der Waals surface area contributed by atoms with Crippen LogP contribution < -0.4 is 0 Å². The fraction of sp³-hybridized carbons (Fsp3) is 1.00. The number of hydrogen-bond acceptors (Lipinski definition) is 2. The van der Waals surface area contributed by atoms with Crippen LogP contribution >= 0.6 is 0 Å². The predicted molar refractivity (Wildman–Crippen MR) is 15.7 cm³/mol. The van der Waals surface area contributed by atoms with Crippen molar-refractivity contribution in [3.8, 4) is 0 Å². The number of nitrogens with zero attached hydrogens (tertiary/aromatic N) is 1. The Bertz CT molecular complexity index is 18.0. The van der Waals surface area contributed by atoms with Crippen LogP contribution in [-0.2, 0) is 0 Å². The van der Waals surface area contributed by atoms with Gasteiger partial charge in [0.05, 0.1) is 6.54 Å². The van der Waals surface area contributed by atoms with Crippen LogP contribution in [0.15, 0.2) is 5.11 Å². The van der Waals surface area contributed by atoms with E-state index < -0.39 is 0 Å². The number of hydrogen-bond donors (Lipinski definition) is 1. The molecule has 0 atom stereocenters. The maximum Gasteiger partial charge on any atom is 0.0568 e. The van der Waals surface area contributed by atoms with Gasteiger partial charge in [-0.1, -0.05) is 0 Å². The minimum atomic E-state index is 0.611. The molecular formula is C2H6N2. The Morgan fingerprint density at radius 3 is 2.25 bits per heavy atom. The van der Waals surface area contributed by atoms with Gasteiger partial charge in [-0.3, -0.25) is 0 Å². The molecule has 0 rings (SSSR count). The molecule has 0 aromatic heterocycles. The van der Waals surface area contributed by atoms with Crippen LogP contribution in [0, 0.1) is 5.53 Å². The summed E-state index contributed by atoms with van der Waals surface area (Å²) in [6, 6.07) is 0. The lowest BCUT2D eigenvalue weighted by Gasteiger charge is -1.58. The summed E-state index contributed by atoms with van der Waals surface area (Å²) >= 11 is 0. The third kappa shape index (κ3) is 1.60. The zero-order valence-corrected chi connectivity index (χ0v) is 2.65. The Morgan fingerprint density at radius 2 is 2.25 bits per heavy atom. The molecule has 0 saturated heterocycles. The van der Waals surface area contributed by atoms with Crippen molar-refractivity contribution in [2.45, 2.75) is 6.92 Å². The molecule has 24 valence electrons. The Hall–Kier alpha value is -0.400. The highest BCUT2D eigenvalue weighted by atomic mass is 14.9. The lowest BCUT2D eigenvalue weighted by molar-refractivity contribution is 0.949. The molecule has 2 nitrogen and oxygen atoms in total. The number of rotatable bonds is 1. The molecule has 0 unspecified atom stereocenters. The molecule has 0 fully saturated rings. The molecule has 0 radical (unpaired) electrons. The first-order valence-corrected chi connectivity index (χ1v) is 1.25. The fourth-order valence-electron chi connectivity index (χ4n) is 0. The van der Waals surface area contributed by atoms with Gasteiger partial charge in [-0.25, -0.2) is 5.53 Å². The first-order valence-electron chi connectivity index (χ1n) is 1.25. The standard InChI is InChI=1S/C2H6N2/c1-2-4-3/h3H,2H2,1H3. The van der Waals surface area contributed by atoms with Crippen molar-refractivity contribution in [1.82, 2.24) is 0 Å². The van der Waals surface area contributed by atoms with E-state index in [0.29, 0.717) is 6.54 Å². The van der Waals surface area contributed by atoms with Crippen LogP contribution in [-0.4, -0.2) is 6.54 Å². The fourth-order valence-corrected chi connectivity index (χ4v) is 0. The highest BCUT2D eigenvalue weighted by Crippen LogP contribution is 1.53. The van der Waals surface area contributed by atoms with Gasteiger partial charge in [0.15, 0.2) is 0 Å². The summed E-state index contributed by atoms with van der Waals surface area (Å²) in [4.78, 5) is 0. The highest BCUT2D eigenvalue weighted by Gasteiger charge is 1.46. The topological polar surface area (TPSA) is 36.2 Å². The average Bonchev–Trinajstić information content (AvgIpc) is 1.37. The van der Waals surface area contributed by atoms with E-state index in [9.17, 15) is 0 Å². The second-order valence-electron chi connectivity index (χ2n) is 0.474. The number of nitrogens with one attached hydrogen (secondary N) is 1. The molecule has 0 aliphatic heterocycles. The molecule has 0 aliphatic carbocycles. The van der Waals surface area contributed by atoms with Crippen LogP contribution in [0.5, 0.6) is 0 Å². The minimum absolute atomic E-state index is 0.611. The van der Waals surface area contributed by atoms with Gasteiger partial charge in [0.25, 0.3) is 0 Å². The van der Waals surface area contributed by atoms with E-state index in [-0.39, 0.29) is 0 Å². The predicted octanol–water partition coefficient (Wildman–Crippen LogP) is 1.04. The molecule has 4 heavy (non-hydrogen) atoms. The van der Waals surface area contributed by atoms with Gasteiger partial charge in [0.2, 0.25) is 0 Å². The lowest BCUT2D eigenvalue weighted by atomic mass is 10.8. The third-order valence-corrected chi connectivity index (χ3v) is 0.158. The van der Waals surface area contributed by atoms with E-state index >= 15 is 0 Å². The summed E-state index contributed by atoms with van der Waals surface area (Å²) in [6.45, 7) is 2.44. The van der Waals surface area contributed by atoms with Crippen LogP contribution in [0.4, 0.5) is 0 Å². The van der Waals surface area contributed by atoms with Crippen LogP contribution in [0.3, 0.4) is 0 Å². The van der Waals surface area contributed by atoms with Gasteiger partial charge in [-0.15, -0.1) is 0 Å². The molecular weight excluding hydrogens is 52.0 g/mol. The Kier molecular flexibility index (Phi) is 2.34. The SMILES string of the molecule is CCN=N. The zero-order chi connectivity index (χ0) is 3.41. The lowest BCUT2D eigenvalue weighted by Crippen LogP contribution is -1.52. The summed E-state index contributed by atoms with van der Waals surface area (Å²) < 4.78 is 0. The van der Waals surface area contributed by atoms with Crippen molar-refractivity contribution < 1.29 is 0 Å². The molecule has 2 heteroatoms. The van der Waals surface area contributed by atoms with E-state index in [4.69, 9.17) is 5.53 Å². The van der Waals surface area contributed by atoms with Crippen LogP contribution in [0.2, 0.25) is 0 Å². The van der Waals surface area contributed by atoms with Crippen LogP contribution in [0.1, 0.15) is 6.92 Å². The molecule has 0 aromatic rings. The van der Waals surface area contributed by atoms with E-state index in [1.54, 1.807) is 0 Å². The van der Waals surface area contributed by atoms with Crippen molar-refractivity contribution in [2.75, 3.05) is 6.54 Å². The first kappa shape index (κ1) is 3.60. The van der Waals surface area contributed by atoms with E-state index in [1.165, 1.54) is 0 Å². The van der Waals surface area contributed by atoms with Crippen molar-refractivity contribution in [2.24, 2.45) is 5.11 Å². The van der Waals surface area contributed by atoms with Crippen LogP contribution in [0.25, 0.3) is 0 Å². The van der Waals surface area contributed by atoms with Crippen molar-refractivity contribution in [3.63, 3.8) is 0 Å². The second-order valence-corrected chi connectivity index (χ2v) is 0.474. The van der Waals surface area contributed by atoms with Gasteiger partial charge < -0.3 is 0 Å². The summed E-state index contributed by atoms with van der Waals surface area (Å²) in [5, 5.41) is 2.99. The molecule has 0 aromatic carbocycles. The van der Waals surface area contributed by atoms with Gasteiger partial charge in [-0.2, -0.15) is 5.11 Å². The van der Waals surface area contributed by atoms with Gasteiger partial charge >= 0.3 is 0 Å². The Labute approximate surface area is 25.3 Å². The molecule has 0 saturated carbocycles. The minimum Gasteiger partial charge on any atom is -0.210 e. The second kappa shape index (κ2) is 2.60. The summed E-state index contributed by atoms with van der Waals surface area (Å²) in [6.07, 6.45) is 0. The highest BCUT2D eigenvalue weighted by molar-refractivity contribution is 4.08. The van der Waals surface area contributed by atoms with Gasteiger partial charge in [-0.05, 0) is 6.92 Å². The monoisotopic (exact) mass is 58.1 g/mol. The van der Waals surface area contributed by atoms with Gasteiger partial charge in [0, 0.05) is 0 Å². The molecule has 0 bridgehead atoms. The summed E-state index contributed by atoms with van der Waals surface area (Å²) in [5.74, 6) is 0. The quantitative estimate of drug-likeness (QED) is 0.437. The summed E-state index contributed by atoms with van der Waals surface area (Å²) in [7, 11) is 0. The molecule has 0 aliphatic rings. The third-order valence-electron chi connectivity index (χ3n) is 0.158. The molecule has 0 spiro atoms. The Balaban J connectivity index is 2.30.